The van der Waals surface area contributed by atoms with Crippen LogP contribution in [-0.2, 0) is 9.53 Å². The van der Waals surface area contributed by atoms with Crippen LogP contribution in [0.2, 0.25) is 0 Å². The minimum absolute atomic E-state index is 0.295. The van der Waals surface area contributed by atoms with E-state index in [0.29, 0.717) is 12.8 Å². The highest BCUT2D eigenvalue weighted by Crippen LogP contribution is 2.35. The Kier molecular flexibility index (Phi) is 3.18. The molecule has 0 unspecified atom stereocenters. The maximum absolute atomic E-state index is 11.4. The number of thiol groups is 1. The standard InChI is InChI=1S/C9H16N2O3S/c1-8(2,3)14-7(13)10-9(4-5-9)6(12)11-15/h15H,4-5H2,1-3H3,(H,10,13)(H,11,12). The number of nitrogens with one attached hydrogen (secondary N) is 2. The first-order valence-electron chi connectivity index (χ1n) is 4.75. The number of carbonyl (C=O) groups is 2. The molecule has 0 aromatic carbocycles. The van der Waals surface area contributed by atoms with E-state index in [1.165, 1.54) is 0 Å². The largest absolute Gasteiger partial charge is 0.444 e. The van der Waals surface area contributed by atoms with Gasteiger partial charge in [-0.2, -0.15) is 0 Å². The Morgan fingerprint density at radius 1 is 1.33 bits per heavy atom. The maximum Gasteiger partial charge on any atom is 0.408 e. The predicted molar refractivity (Wildman–Crippen MR) is 58.5 cm³/mol. The first-order chi connectivity index (χ1) is 6.79. The zero-order valence-electron chi connectivity index (χ0n) is 9.09. The van der Waals surface area contributed by atoms with E-state index in [-0.39, 0.29) is 5.91 Å². The molecule has 2 amide bonds. The van der Waals surface area contributed by atoms with E-state index < -0.39 is 17.2 Å². The van der Waals surface area contributed by atoms with Gasteiger partial charge in [0, 0.05) is 0 Å². The van der Waals surface area contributed by atoms with Crippen molar-refractivity contribution in [1.29, 1.82) is 0 Å². The van der Waals surface area contributed by atoms with Crippen LogP contribution in [0.15, 0.2) is 0 Å². The topological polar surface area (TPSA) is 67.4 Å². The molecule has 0 saturated heterocycles. The van der Waals surface area contributed by atoms with Crippen molar-refractivity contribution in [2.75, 3.05) is 0 Å². The molecule has 0 atom stereocenters. The van der Waals surface area contributed by atoms with Crippen LogP contribution in [0.5, 0.6) is 0 Å². The molecule has 6 heteroatoms. The van der Waals surface area contributed by atoms with E-state index in [9.17, 15) is 9.59 Å². The van der Waals surface area contributed by atoms with Gasteiger partial charge in [-0.25, -0.2) is 4.79 Å². The lowest BCUT2D eigenvalue weighted by Crippen LogP contribution is -2.48. The average molecular weight is 232 g/mol. The van der Waals surface area contributed by atoms with Crippen molar-refractivity contribution in [1.82, 2.24) is 10.0 Å². The molecule has 0 heterocycles. The Morgan fingerprint density at radius 2 is 1.87 bits per heavy atom. The van der Waals surface area contributed by atoms with Crippen molar-refractivity contribution in [2.45, 2.75) is 44.8 Å². The highest BCUT2D eigenvalue weighted by molar-refractivity contribution is 7.78. The average Bonchev–Trinajstić information content (AvgIpc) is 2.80. The fraction of sp³-hybridized carbons (Fsp3) is 0.778. The molecular formula is C9H16N2O3S. The van der Waals surface area contributed by atoms with Crippen LogP contribution < -0.4 is 10.0 Å². The molecule has 0 radical (unpaired) electrons. The molecule has 0 aliphatic heterocycles. The van der Waals surface area contributed by atoms with Gasteiger partial charge in [0.2, 0.25) is 0 Å². The van der Waals surface area contributed by atoms with E-state index in [1.54, 1.807) is 20.8 Å². The minimum atomic E-state index is -0.802. The fourth-order valence-corrected chi connectivity index (χ4v) is 1.35. The second-order valence-corrected chi connectivity index (χ2v) is 4.87. The summed E-state index contributed by atoms with van der Waals surface area (Å²) < 4.78 is 7.27. The van der Waals surface area contributed by atoms with E-state index in [1.807, 2.05) is 0 Å². The van der Waals surface area contributed by atoms with Crippen LogP contribution in [-0.4, -0.2) is 23.1 Å². The zero-order valence-corrected chi connectivity index (χ0v) is 9.98. The van der Waals surface area contributed by atoms with Gasteiger partial charge in [0.15, 0.2) is 0 Å². The lowest BCUT2D eigenvalue weighted by Gasteiger charge is -2.22. The smallest absolute Gasteiger partial charge is 0.408 e. The van der Waals surface area contributed by atoms with Crippen LogP contribution in [0.3, 0.4) is 0 Å². The molecule has 15 heavy (non-hydrogen) atoms. The molecule has 0 aromatic rings. The van der Waals surface area contributed by atoms with Gasteiger partial charge in [-0.15, -0.1) is 0 Å². The van der Waals surface area contributed by atoms with Crippen LogP contribution in [0, 0.1) is 0 Å². The second-order valence-electron chi connectivity index (χ2n) is 4.65. The molecule has 1 aliphatic rings. The second kappa shape index (κ2) is 3.92. The first kappa shape index (κ1) is 12.2. The monoisotopic (exact) mass is 232 g/mol. The van der Waals surface area contributed by atoms with Crippen molar-refractivity contribution >= 4 is 24.8 Å². The molecule has 2 N–H and O–H groups in total. The number of hydrogen-bond acceptors (Lipinski definition) is 4. The summed E-state index contributed by atoms with van der Waals surface area (Å²) in [7, 11) is 0. The SMILES string of the molecule is CC(C)(C)OC(=O)NC1(C(=O)NS)CC1. The number of alkyl carbamates (subject to hydrolysis) is 1. The number of hydrogen-bond donors (Lipinski definition) is 3. The molecule has 1 rings (SSSR count). The van der Waals surface area contributed by atoms with Crippen molar-refractivity contribution in [3.05, 3.63) is 0 Å². The number of rotatable bonds is 2. The molecule has 1 fully saturated rings. The van der Waals surface area contributed by atoms with Crippen molar-refractivity contribution in [3.63, 3.8) is 0 Å². The van der Waals surface area contributed by atoms with E-state index in [4.69, 9.17) is 4.74 Å². The van der Waals surface area contributed by atoms with Gasteiger partial charge in [-0.1, -0.05) is 12.8 Å². The van der Waals surface area contributed by atoms with E-state index in [2.05, 4.69) is 22.9 Å². The lowest BCUT2D eigenvalue weighted by molar-refractivity contribution is -0.122. The van der Waals surface area contributed by atoms with Gasteiger partial charge < -0.3 is 14.8 Å². The lowest BCUT2D eigenvalue weighted by atomic mass is 10.2. The van der Waals surface area contributed by atoms with Crippen molar-refractivity contribution in [2.24, 2.45) is 0 Å². The molecule has 1 saturated carbocycles. The third-order valence-corrected chi connectivity index (χ3v) is 2.23. The summed E-state index contributed by atoms with van der Waals surface area (Å²) in [5.74, 6) is -0.295. The highest BCUT2D eigenvalue weighted by Gasteiger charge is 2.51. The van der Waals surface area contributed by atoms with Crippen LogP contribution >= 0.6 is 12.8 Å². The number of amides is 2. The van der Waals surface area contributed by atoms with Crippen LogP contribution in [0.25, 0.3) is 0 Å². The Morgan fingerprint density at radius 3 is 2.20 bits per heavy atom. The Labute approximate surface area is 94.5 Å². The maximum atomic E-state index is 11.4. The Bertz CT molecular complexity index is 282. The molecular weight excluding hydrogens is 216 g/mol. The molecule has 0 aromatic heterocycles. The van der Waals surface area contributed by atoms with Gasteiger partial charge in [-0.05, 0) is 33.6 Å². The molecule has 0 spiro atoms. The quantitative estimate of drug-likeness (QED) is 0.622. The first-order valence-corrected chi connectivity index (χ1v) is 5.19. The summed E-state index contributed by atoms with van der Waals surface area (Å²) in [6, 6.07) is 0. The van der Waals surface area contributed by atoms with Crippen LogP contribution in [0.4, 0.5) is 4.79 Å². The Hall–Kier alpha value is -0.910. The summed E-state index contributed by atoms with van der Waals surface area (Å²) in [5.41, 5.74) is -1.36. The summed E-state index contributed by atoms with van der Waals surface area (Å²) in [6.45, 7) is 5.31. The third kappa shape index (κ3) is 3.30. The fourth-order valence-electron chi connectivity index (χ4n) is 1.14. The summed E-state index contributed by atoms with van der Waals surface area (Å²) >= 11 is 3.67. The Balaban J connectivity index is 2.49. The summed E-state index contributed by atoms with van der Waals surface area (Å²) in [5, 5.41) is 2.55. The molecule has 0 bridgehead atoms. The van der Waals surface area contributed by atoms with Gasteiger partial charge in [0.05, 0.1) is 0 Å². The third-order valence-electron chi connectivity index (χ3n) is 2.03. The number of ether oxygens (including phenoxy) is 1. The van der Waals surface area contributed by atoms with E-state index >= 15 is 0 Å². The minimum Gasteiger partial charge on any atom is -0.444 e. The van der Waals surface area contributed by atoms with Crippen LogP contribution in [0.1, 0.15) is 33.6 Å². The molecule has 86 valence electrons. The van der Waals surface area contributed by atoms with Gasteiger partial charge >= 0.3 is 6.09 Å². The normalized spacial score (nSPS) is 17.9. The summed E-state index contributed by atoms with van der Waals surface area (Å²) in [6.07, 6.45) is 0.675. The zero-order chi connectivity index (χ0) is 11.7. The van der Waals surface area contributed by atoms with Gasteiger partial charge in [-0.3, -0.25) is 4.79 Å². The van der Waals surface area contributed by atoms with Crippen molar-refractivity contribution in [3.8, 4) is 0 Å². The van der Waals surface area contributed by atoms with Gasteiger partial charge in [0.1, 0.15) is 11.1 Å². The molecule has 1 aliphatic carbocycles. The number of carbonyl (C=O) groups excluding carboxylic acids is 2. The van der Waals surface area contributed by atoms with Gasteiger partial charge in [0.25, 0.3) is 5.91 Å². The summed E-state index contributed by atoms with van der Waals surface area (Å²) in [4.78, 5) is 22.7. The predicted octanol–water partition coefficient (Wildman–Crippen LogP) is 1.00. The highest BCUT2D eigenvalue weighted by atomic mass is 32.1. The molecule has 5 nitrogen and oxygen atoms in total. The van der Waals surface area contributed by atoms with Crippen molar-refractivity contribution < 1.29 is 14.3 Å². The van der Waals surface area contributed by atoms with E-state index in [0.717, 1.165) is 0 Å².